The molecule has 2 N–H and O–H groups in total. The fraction of sp³-hybridized carbons (Fsp3) is 0.111. The van der Waals surface area contributed by atoms with Crippen molar-refractivity contribution < 1.29 is 124 Å². The monoisotopic (exact) mass is 1140 g/mol. The zero-order valence-electron chi connectivity index (χ0n) is 36.5. The van der Waals surface area contributed by atoms with Gasteiger partial charge in [-0.2, -0.15) is 0 Å². The van der Waals surface area contributed by atoms with E-state index in [1.807, 2.05) is 0 Å². The van der Waals surface area contributed by atoms with E-state index >= 15 is 87.8 Å². The number of aromatic amines is 2. The summed E-state index contributed by atoms with van der Waals surface area (Å²) in [6.45, 7) is -3.54. The van der Waals surface area contributed by atoms with E-state index in [1.165, 1.54) is 9.97 Å². The molecule has 0 saturated carbocycles. The number of alkyl halides is 2. The van der Waals surface area contributed by atoms with E-state index in [0.29, 0.717) is 11.9 Å². The standard InChI is InChI=1S/C45H9F24N5O4/c1-74-2-44(68)38-10(6-16(50)24(58)30(64)25(59)17(6)51)40-71-36(42(75)77-40)8(4-12(46)20(54)28(62)21(55)13(4)47)34-32(66)33(67)35(70-34)9(5-14(48)22(56)29(63)23(57)15(5)49)37-43(76)78-41(72-37)11(39(73-38)45(44,69)3-74)7-18(52)26(60)31(65)27(61)19(7)53/h70,73H,2-3H2,1H3/t44-,45+. The SMILES string of the molecule is CN1C[C@@]2(F)c3[nH]c(c(-c4c(F)c(F)c(F)c(F)c4F)c4nc(c(-c5c(F)c(F)c(F)c(F)c5F)c5[nH]c(c(F)c5F)c(-c5c(F)c(F)c(F)c(F)c5F)c5nc(c3-c3c(F)c(F)c(F)c(F)c3F)OC5=O)C(=O)O4)[C@@]2(F)C1. The number of aromatic nitrogens is 4. The first-order valence-electron chi connectivity index (χ1n) is 20.4. The maximum Gasteiger partial charge on any atom is 0.364 e. The van der Waals surface area contributed by atoms with Crippen LogP contribution in [0.3, 0.4) is 0 Å². The van der Waals surface area contributed by atoms with Gasteiger partial charge in [0.2, 0.25) is 46.4 Å². The molecule has 1 saturated heterocycles. The number of nitrogens with zero attached hydrogens (tertiary/aromatic N) is 3. The highest BCUT2D eigenvalue weighted by Gasteiger charge is 2.68. The minimum atomic E-state index is -4.58. The maximum atomic E-state index is 18.5. The molecule has 9 nitrogen and oxygen atoms in total. The van der Waals surface area contributed by atoms with Gasteiger partial charge in [-0.05, 0) is 7.05 Å². The Hall–Kier alpha value is -8.52. The molecule has 0 radical (unpaired) electrons. The molecule has 6 heterocycles. The summed E-state index contributed by atoms with van der Waals surface area (Å²) in [7, 11) is 0.681. The van der Waals surface area contributed by atoms with Gasteiger partial charge in [0.1, 0.15) is 0 Å². The number of halogens is 24. The Morgan fingerprint density at radius 1 is 0.346 bits per heavy atom. The first-order chi connectivity index (χ1) is 36.4. The number of H-pyrrole nitrogens is 2. The number of hydrogen-bond acceptors (Lipinski definition) is 7. The van der Waals surface area contributed by atoms with Gasteiger partial charge < -0.3 is 19.4 Å². The molecule has 406 valence electrons. The summed E-state index contributed by atoms with van der Waals surface area (Å²) in [5, 5.41) is 0. The maximum absolute atomic E-state index is 18.5. The zero-order chi connectivity index (χ0) is 57.3. The number of likely N-dealkylation sites (N-methyl/N-ethyl adjacent to an activating group) is 1. The van der Waals surface area contributed by atoms with E-state index in [0.717, 1.165) is 0 Å². The number of carbonyl (C=O) groups is 2. The molecule has 2 atom stereocenters. The van der Waals surface area contributed by atoms with Crippen LogP contribution in [0.4, 0.5) is 105 Å². The van der Waals surface area contributed by atoms with Crippen LogP contribution in [-0.2, 0) is 11.3 Å². The Morgan fingerprint density at radius 3 is 0.833 bits per heavy atom. The average Bonchev–Trinajstić information content (AvgIpc) is 4.33. The lowest BCUT2D eigenvalue weighted by atomic mass is 9.82. The van der Waals surface area contributed by atoms with Gasteiger partial charge in [-0.25, -0.2) is 125 Å². The number of ether oxygens (including phenoxy) is 2. The summed E-state index contributed by atoms with van der Waals surface area (Å²) in [5.41, 5.74) is -43.9. The van der Waals surface area contributed by atoms with Gasteiger partial charge >= 0.3 is 11.9 Å². The van der Waals surface area contributed by atoms with E-state index in [1.54, 1.807) is 0 Å². The molecular formula is C45H9F24N5O4. The van der Waals surface area contributed by atoms with E-state index in [9.17, 15) is 27.2 Å². The number of nitrogens with one attached hydrogen (secondary N) is 2. The van der Waals surface area contributed by atoms with Gasteiger partial charge in [0.15, 0.2) is 116 Å². The molecule has 0 spiro atoms. The van der Waals surface area contributed by atoms with Crippen molar-refractivity contribution in [2.75, 3.05) is 20.1 Å². The molecule has 4 aromatic carbocycles. The summed E-state index contributed by atoms with van der Waals surface area (Å²) in [6.07, 6.45) is 0. The fourth-order valence-corrected chi connectivity index (χ4v) is 9.09. The Morgan fingerprint density at radius 2 is 0.577 bits per heavy atom. The lowest BCUT2D eigenvalue weighted by Gasteiger charge is -2.27. The van der Waals surface area contributed by atoms with Crippen molar-refractivity contribution in [1.29, 1.82) is 0 Å². The van der Waals surface area contributed by atoms with Crippen molar-refractivity contribution >= 4 is 23.0 Å². The smallest absolute Gasteiger partial charge is 0.364 e. The molecule has 4 aliphatic rings. The van der Waals surface area contributed by atoms with E-state index in [4.69, 9.17) is 9.47 Å². The van der Waals surface area contributed by atoms with Crippen molar-refractivity contribution in [3.63, 3.8) is 0 Å². The Labute approximate surface area is 410 Å². The molecule has 2 aromatic heterocycles. The number of fused-ring (bicyclic) bond motifs is 11. The lowest BCUT2D eigenvalue weighted by Crippen LogP contribution is -2.38. The summed E-state index contributed by atoms with van der Waals surface area (Å²) >= 11 is 0. The Kier molecular flexibility index (Phi) is 11.7. The second-order valence-electron chi connectivity index (χ2n) is 16.7. The normalized spacial score (nSPS) is 17.8. The second kappa shape index (κ2) is 17.2. The van der Waals surface area contributed by atoms with Gasteiger partial charge in [0, 0.05) is 24.2 Å². The Bertz CT molecular complexity index is 3720. The topological polar surface area (TPSA) is 113 Å². The van der Waals surface area contributed by atoms with Crippen LogP contribution in [0.25, 0.3) is 55.5 Å². The van der Waals surface area contributed by atoms with Crippen molar-refractivity contribution in [1.82, 2.24) is 24.8 Å². The van der Waals surface area contributed by atoms with Crippen LogP contribution in [0.15, 0.2) is 0 Å². The van der Waals surface area contributed by atoms with Crippen molar-refractivity contribution in [2.24, 2.45) is 0 Å². The largest absolute Gasteiger partial charge is 0.402 e. The number of benzene rings is 4. The third-order valence-electron chi connectivity index (χ3n) is 12.5. The molecule has 8 bridgehead atoms. The van der Waals surface area contributed by atoms with Gasteiger partial charge in [-0.3, -0.25) is 4.90 Å². The van der Waals surface area contributed by atoms with Crippen LogP contribution >= 0.6 is 0 Å². The third kappa shape index (κ3) is 6.73. The number of carbonyl (C=O) groups excluding carboxylic acids is 2. The summed E-state index contributed by atoms with van der Waals surface area (Å²) < 4.78 is 388. The molecule has 1 fully saturated rings. The minimum absolute atomic E-state index is 0.406. The summed E-state index contributed by atoms with van der Waals surface area (Å²) in [5.74, 6) is -78.8. The number of esters is 2. The van der Waals surface area contributed by atoms with Crippen LogP contribution in [0.1, 0.15) is 32.4 Å². The van der Waals surface area contributed by atoms with E-state index < -0.39 is 254 Å². The highest BCUT2D eigenvalue weighted by atomic mass is 19.2. The summed E-state index contributed by atoms with van der Waals surface area (Å²) in [6, 6.07) is 0. The van der Waals surface area contributed by atoms with Crippen LogP contribution in [-0.4, -0.2) is 56.9 Å². The van der Waals surface area contributed by atoms with E-state index in [-0.39, 0.29) is 0 Å². The van der Waals surface area contributed by atoms with Crippen LogP contribution in [0.5, 0.6) is 11.8 Å². The predicted molar refractivity (Wildman–Crippen MR) is 206 cm³/mol. The van der Waals surface area contributed by atoms with Gasteiger partial charge in [0.25, 0.3) is 0 Å². The number of hydrogen-bond donors (Lipinski definition) is 2. The highest BCUT2D eigenvalue weighted by molar-refractivity contribution is 6.06. The van der Waals surface area contributed by atoms with Crippen LogP contribution in [0.2, 0.25) is 0 Å². The van der Waals surface area contributed by atoms with Crippen molar-refractivity contribution in [2.45, 2.75) is 11.3 Å². The quantitative estimate of drug-likeness (QED) is 0.0782. The highest BCUT2D eigenvalue weighted by Crippen LogP contribution is 2.61. The molecule has 10 rings (SSSR count). The van der Waals surface area contributed by atoms with Crippen molar-refractivity contribution in [3.8, 4) is 56.3 Å². The van der Waals surface area contributed by atoms with Crippen molar-refractivity contribution in [3.05, 3.63) is 151 Å². The van der Waals surface area contributed by atoms with Crippen LogP contribution in [0, 0.1) is 128 Å². The molecular weight excluding hydrogens is 1130 g/mol. The molecule has 4 aliphatic heterocycles. The fourth-order valence-electron chi connectivity index (χ4n) is 9.09. The molecule has 0 amide bonds. The predicted octanol–water partition coefficient (Wildman–Crippen LogP) is 12.2. The van der Waals surface area contributed by atoms with E-state index in [2.05, 4.69) is 9.97 Å². The minimum Gasteiger partial charge on any atom is -0.402 e. The molecule has 78 heavy (non-hydrogen) atoms. The summed E-state index contributed by atoms with van der Waals surface area (Å²) in [4.78, 5) is 37.6. The molecule has 0 aliphatic carbocycles. The van der Waals surface area contributed by atoms with Gasteiger partial charge in [-0.15, -0.1) is 0 Å². The first kappa shape index (κ1) is 52.9. The zero-order valence-corrected chi connectivity index (χ0v) is 36.5. The van der Waals surface area contributed by atoms with Gasteiger partial charge in [0.05, 0.1) is 55.8 Å². The number of likely N-dealkylation sites (tertiary alicyclic amines) is 1. The first-order valence-corrected chi connectivity index (χ1v) is 20.4. The molecule has 6 aromatic rings. The van der Waals surface area contributed by atoms with Gasteiger partial charge in [-0.1, -0.05) is 0 Å². The Balaban J connectivity index is 1.62. The van der Waals surface area contributed by atoms with Crippen LogP contribution < -0.4 is 9.47 Å². The number of rotatable bonds is 4. The third-order valence-corrected chi connectivity index (χ3v) is 12.5. The average molecular weight is 1140 g/mol. The second-order valence-corrected chi connectivity index (χ2v) is 16.7. The lowest BCUT2D eigenvalue weighted by molar-refractivity contribution is 0.00489. The molecule has 33 heteroatoms. The molecule has 0 unspecified atom stereocenters.